The average molecular weight is 188 g/mol. The van der Waals surface area contributed by atoms with E-state index in [9.17, 15) is 0 Å². The van der Waals surface area contributed by atoms with Crippen LogP contribution in [0.2, 0.25) is 0 Å². The Morgan fingerprint density at radius 2 is 2.33 bits per heavy atom. The van der Waals surface area contributed by atoms with Crippen molar-refractivity contribution in [3.05, 3.63) is 0 Å². The second-order valence-electron chi connectivity index (χ2n) is 3.80. The van der Waals surface area contributed by atoms with Gasteiger partial charge >= 0.3 is 0 Å². The van der Waals surface area contributed by atoms with Crippen molar-refractivity contribution >= 4 is 11.8 Å². The number of unbranched alkanes of at least 4 members (excludes halogenated alkanes) is 1. The van der Waals surface area contributed by atoms with E-state index >= 15 is 0 Å². The lowest BCUT2D eigenvalue weighted by Gasteiger charge is -2.37. The second kappa shape index (κ2) is 4.52. The van der Waals surface area contributed by atoms with E-state index in [1.165, 1.54) is 31.4 Å². The molecule has 0 aromatic rings. The maximum absolute atomic E-state index is 5.94. The topological polar surface area (TPSA) is 9.23 Å². The van der Waals surface area contributed by atoms with Crippen molar-refractivity contribution in [3.8, 4) is 0 Å². The van der Waals surface area contributed by atoms with Crippen LogP contribution in [0.15, 0.2) is 0 Å². The van der Waals surface area contributed by atoms with Crippen molar-refractivity contribution in [2.75, 3.05) is 5.75 Å². The third-order valence-electron chi connectivity index (χ3n) is 2.37. The molecule has 1 saturated heterocycles. The molecule has 1 rings (SSSR count). The Kier molecular flexibility index (Phi) is 3.91. The van der Waals surface area contributed by atoms with E-state index in [0.29, 0.717) is 6.10 Å². The van der Waals surface area contributed by atoms with Gasteiger partial charge in [0.05, 0.1) is 6.10 Å². The standard InChI is InChI=1S/C10H20OS/c1-4-5-7-10(3)11-9(2)6-8-12-10/h9H,4-8H2,1-3H3/t9-,10-/m0/s1. The van der Waals surface area contributed by atoms with Crippen LogP contribution in [0.1, 0.15) is 46.5 Å². The van der Waals surface area contributed by atoms with E-state index in [1.807, 2.05) is 11.8 Å². The summed E-state index contributed by atoms with van der Waals surface area (Å²) in [7, 11) is 0. The van der Waals surface area contributed by atoms with Gasteiger partial charge in [-0.05, 0) is 38.9 Å². The lowest BCUT2D eigenvalue weighted by Crippen LogP contribution is -2.34. The van der Waals surface area contributed by atoms with Crippen LogP contribution in [0.5, 0.6) is 0 Å². The Morgan fingerprint density at radius 3 is 2.92 bits per heavy atom. The van der Waals surface area contributed by atoms with Crippen LogP contribution in [0, 0.1) is 0 Å². The minimum atomic E-state index is 0.119. The number of ether oxygens (including phenoxy) is 1. The zero-order valence-electron chi connectivity index (χ0n) is 8.43. The van der Waals surface area contributed by atoms with Crippen LogP contribution >= 0.6 is 11.8 Å². The van der Waals surface area contributed by atoms with E-state index in [1.54, 1.807) is 0 Å². The van der Waals surface area contributed by atoms with Crippen molar-refractivity contribution in [2.45, 2.75) is 57.5 Å². The highest BCUT2D eigenvalue weighted by molar-refractivity contribution is 8.00. The zero-order valence-corrected chi connectivity index (χ0v) is 9.25. The number of rotatable bonds is 3. The van der Waals surface area contributed by atoms with E-state index < -0.39 is 0 Å². The molecule has 0 unspecified atom stereocenters. The van der Waals surface area contributed by atoms with Crippen LogP contribution in [0.3, 0.4) is 0 Å². The second-order valence-corrected chi connectivity index (χ2v) is 5.36. The van der Waals surface area contributed by atoms with E-state index in [4.69, 9.17) is 4.74 Å². The smallest absolute Gasteiger partial charge is 0.111 e. The van der Waals surface area contributed by atoms with Crippen molar-refractivity contribution in [2.24, 2.45) is 0 Å². The Hall–Kier alpha value is 0.310. The first-order valence-corrected chi connectivity index (χ1v) is 5.96. The molecule has 0 aromatic carbocycles. The van der Waals surface area contributed by atoms with E-state index in [0.717, 1.165) is 0 Å². The van der Waals surface area contributed by atoms with E-state index in [-0.39, 0.29) is 4.93 Å². The molecule has 0 N–H and O–H groups in total. The lowest BCUT2D eigenvalue weighted by molar-refractivity contribution is -0.0286. The molecule has 1 nitrogen and oxygen atoms in total. The molecule has 1 heterocycles. The van der Waals surface area contributed by atoms with Crippen molar-refractivity contribution in [1.82, 2.24) is 0 Å². The van der Waals surface area contributed by atoms with Crippen LogP contribution in [0.4, 0.5) is 0 Å². The predicted molar refractivity (Wildman–Crippen MR) is 55.6 cm³/mol. The molecule has 1 fully saturated rings. The summed E-state index contributed by atoms with van der Waals surface area (Å²) in [5.41, 5.74) is 0. The van der Waals surface area contributed by atoms with Gasteiger partial charge in [0, 0.05) is 0 Å². The Balaban J connectivity index is 2.35. The molecule has 0 amide bonds. The summed E-state index contributed by atoms with van der Waals surface area (Å²) < 4.78 is 5.94. The van der Waals surface area contributed by atoms with Crippen LogP contribution in [-0.2, 0) is 4.74 Å². The normalized spacial score (nSPS) is 36.8. The minimum Gasteiger partial charge on any atom is -0.362 e. The quantitative estimate of drug-likeness (QED) is 0.671. The number of hydrogen-bond donors (Lipinski definition) is 0. The summed E-state index contributed by atoms with van der Waals surface area (Å²) in [6, 6.07) is 0. The minimum absolute atomic E-state index is 0.119. The van der Waals surface area contributed by atoms with Gasteiger partial charge in [-0.3, -0.25) is 0 Å². The number of hydrogen-bond acceptors (Lipinski definition) is 2. The van der Waals surface area contributed by atoms with Crippen LogP contribution in [-0.4, -0.2) is 16.8 Å². The summed E-state index contributed by atoms with van der Waals surface area (Å²) in [6.07, 6.45) is 5.45. The summed E-state index contributed by atoms with van der Waals surface area (Å²) in [4.78, 5) is 0.119. The molecule has 0 aliphatic carbocycles. The first kappa shape index (κ1) is 10.4. The van der Waals surface area contributed by atoms with Gasteiger partial charge in [0.15, 0.2) is 0 Å². The largest absolute Gasteiger partial charge is 0.362 e. The summed E-state index contributed by atoms with van der Waals surface area (Å²) in [6.45, 7) is 6.66. The number of thioether (sulfide) groups is 1. The maximum Gasteiger partial charge on any atom is 0.111 e. The van der Waals surface area contributed by atoms with Gasteiger partial charge in [-0.25, -0.2) is 0 Å². The highest BCUT2D eigenvalue weighted by Gasteiger charge is 2.30. The fourth-order valence-corrected chi connectivity index (χ4v) is 2.99. The van der Waals surface area contributed by atoms with Crippen LogP contribution in [0.25, 0.3) is 0 Å². The van der Waals surface area contributed by atoms with Gasteiger partial charge in [-0.1, -0.05) is 13.3 Å². The van der Waals surface area contributed by atoms with E-state index in [2.05, 4.69) is 20.8 Å². The highest BCUT2D eigenvalue weighted by atomic mass is 32.2. The third kappa shape index (κ3) is 2.98. The van der Waals surface area contributed by atoms with Gasteiger partial charge in [-0.15, -0.1) is 11.8 Å². The fraction of sp³-hybridized carbons (Fsp3) is 1.00. The first-order valence-electron chi connectivity index (χ1n) is 4.98. The molecule has 0 saturated carbocycles. The van der Waals surface area contributed by atoms with Crippen LogP contribution < -0.4 is 0 Å². The zero-order chi connectivity index (χ0) is 9.03. The molecule has 0 bridgehead atoms. The first-order chi connectivity index (χ1) is 5.66. The van der Waals surface area contributed by atoms with Gasteiger partial charge in [0.25, 0.3) is 0 Å². The molecule has 2 atom stereocenters. The Morgan fingerprint density at radius 1 is 1.58 bits per heavy atom. The molecular weight excluding hydrogens is 168 g/mol. The van der Waals surface area contributed by atoms with Gasteiger partial charge in [0.2, 0.25) is 0 Å². The van der Waals surface area contributed by atoms with Crippen molar-refractivity contribution in [3.63, 3.8) is 0 Å². The Labute approximate surface area is 80.3 Å². The lowest BCUT2D eigenvalue weighted by atomic mass is 10.1. The molecule has 72 valence electrons. The Bertz CT molecular complexity index is 138. The van der Waals surface area contributed by atoms with Gasteiger partial charge in [-0.2, -0.15) is 0 Å². The van der Waals surface area contributed by atoms with Gasteiger partial charge < -0.3 is 4.74 Å². The summed E-state index contributed by atoms with van der Waals surface area (Å²) in [5, 5.41) is 0. The summed E-state index contributed by atoms with van der Waals surface area (Å²) in [5.74, 6) is 1.27. The van der Waals surface area contributed by atoms with Crippen molar-refractivity contribution in [1.29, 1.82) is 0 Å². The SMILES string of the molecule is CCCC[C@@]1(C)O[C@@H](C)CCS1. The molecule has 0 radical (unpaired) electrons. The van der Waals surface area contributed by atoms with Gasteiger partial charge in [0.1, 0.15) is 4.93 Å². The molecular formula is C10H20OS. The molecule has 12 heavy (non-hydrogen) atoms. The molecule has 0 aromatic heterocycles. The third-order valence-corrected chi connectivity index (χ3v) is 3.72. The molecule has 1 aliphatic heterocycles. The molecule has 2 heteroatoms. The molecule has 0 spiro atoms. The highest BCUT2D eigenvalue weighted by Crippen LogP contribution is 2.37. The predicted octanol–water partition coefficient (Wildman–Crippen LogP) is 3.43. The average Bonchev–Trinajstić information content (AvgIpc) is 2.01. The van der Waals surface area contributed by atoms with Crippen molar-refractivity contribution < 1.29 is 4.74 Å². The fourth-order valence-electron chi connectivity index (χ4n) is 1.59. The maximum atomic E-state index is 5.94. The molecule has 1 aliphatic rings. The monoisotopic (exact) mass is 188 g/mol. The summed E-state index contributed by atoms with van der Waals surface area (Å²) >= 11 is 1.99.